The first-order chi connectivity index (χ1) is 23.2. The summed E-state index contributed by atoms with van der Waals surface area (Å²) < 4.78 is 73.8. The van der Waals surface area contributed by atoms with Gasteiger partial charge in [0, 0.05) is 30.3 Å². The van der Waals surface area contributed by atoms with E-state index in [1.807, 2.05) is 24.3 Å². The SMILES string of the molecule is C=C[C@@H](OCc1ccc(OC)cc1)[C@]1([C@H]2[C@H](S(=O)(=O)c3ccccc3)[C@H]3OC34CCC([C@@H](OCOC)C(=O)[C@@H]2C)C4(C)C)COC(C)(C)O1. The number of hydrogen-bond acceptors (Lipinski definition) is 10. The fourth-order valence-corrected chi connectivity index (χ4v) is 11.3. The second kappa shape index (κ2) is 13.2. The Morgan fingerprint density at radius 2 is 1.73 bits per heavy atom. The van der Waals surface area contributed by atoms with Crippen molar-refractivity contribution >= 4 is 15.6 Å². The van der Waals surface area contributed by atoms with Crippen molar-refractivity contribution in [3.05, 3.63) is 72.8 Å². The molecular formula is C38H50O10S. The molecule has 0 radical (unpaired) electrons. The maximum absolute atomic E-state index is 15.2. The fraction of sp³-hybridized carbons (Fsp3) is 0.605. The van der Waals surface area contributed by atoms with Crippen molar-refractivity contribution in [3.8, 4) is 5.75 Å². The van der Waals surface area contributed by atoms with Gasteiger partial charge in [0.1, 0.15) is 47.3 Å². The van der Waals surface area contributed by atoms with E-state index in [-0.39, 0.29) is 36.6 Å². The Bertz CT molecular complexity index is 1620. The molecule has 2 aromatic rings. The van der Waals surface area contributed by atoms with E-state index in [1.165, 1.54) is 7.11 Å². The highest BCUT2D eigenvalue weighted by atomic mass is 32.2. The second-order valence-corrected chi connectivity index (χ2v) is 17.0. The Morgan fingerprint density at radius 3 is 2.33 bits per heavy atom. The lowest BCUT2D eigenvalue weighted by Gasteiger charge is -2.46. The Hall–Kier alpha value is -2.64. The van der Waals surface area contributed by atoms with E-state index in [0.29, 0.717) is 18.6 Å². The molecule has 0 amide bonds. The van der Waals surface area contributed by atoms with Gasteiger partial charge in [-0.2, -0.15) is 0 Å². The number of fused-ring (bicyclic) bond motifs is 1. The molecule has 4 aliphatic rings. The largest absolute Gasteiger partial charge is 0.497 e. The van der Waals surface area contributed by atoms with Crippen LogP contribution >= 0.6 is 0 Å². The highest BCUT2D eigenvalue weighted by Gasteiger charge is 2.78. The molecule has 0 N–H and O–H groups in total. The van der Waals surface area contributed by atoms with Gasteiger partial charge in [-0.25, -0.2) is 8.42 Å². The predicted octanol–water partition coefficient (Wildman–Crippen LogP) is 5.53. The van der Waals surface area contributed by atoms with Crippen LogP contribution in [-0.2, 0) is 49.7 Å². The molecule has 4 fully saturated rings. The average Bonchev–Trinajstić information content (AvgIpc) is 3.64. The first kappa shape index (κ1) is 36.2. The number of ketones is 1. The maximum atomic E-state index is 15.2. The normalized spacial score (nSPS) is 35.4. The highest BCUT2D eigenvalue weighted by Crippen LogP contribution is 2.68. The molecule has 1 spiro atoms. The molecule has 9 atom stereocenters. The van der Waals surface area contributed by atoms with Crippen LogP contribution in [0.4, 0.5) is 0 Å². The number of Topliss-reactive ketones (excluding diaryl/α,β-unsaturated/α-hetero) is 1. The van der Waals surface area contributed by atoms with Crippen molar-refractivity contribution in [3.63, 3.8) is 0 Å². The van der Waals surface area contributed by atoms with E-state index in [1.54, 1.807) is 64.3 Å². The zero-order chi connectivity index (χ0) is 35.4. The summed E-state index contributed by atoms with van der Waals surface area (Å²) in [4.78, 5) is 15.1. The smallest absolute Gasteiger partial charge is 0.184 e. The van der Waals surface area contributed by atoms with Gasteiger partial charge >= 0.3 is 0 Å². The van der Waals surface area contributed by atoms with Crippen molar-refractivity contribution in [2.75, 3.05) is 27.6 Å². The minimum atomic E-state index is -4.16. The van der Waals surface area contributed by atoms with Crippen LogP contribution in [0.15, 0.2) is 72.1 Å². The summed E-state index contributed by atoms with van der Waals surface area (Å²) in [5.74, 6) is -2.75. The first-order valence-electron chi connectivity index (χ1n) is 17.0. The number of benzene rings is 2. The molecule has 10 nitrogen and oxygen atoms in total. The molecule has 6 rings (SSSR count). The van der Waals surface area contributed by atoms with Crippen LogP contribution in [-0.4, -0.2) is 82.4 Å². The Kier molecular flexibility index (Phi) is 9.71. The van der Waals surface area contributed by atoms with Gasteiger partial charge < -0.3 is 33.2 Å². The van der Waals surface area contributed by atoms with Crippen molar-refractivity contribution in [1.82, 2.24) is 0 Å². The molecular weight excluding hydrogens is 648 g/mol. The first-order valence-corrected chi connectivity index (χ1v) is 18.6. The molecule has 2 aliphatic heterocycles. The zero-order valence-corrected chi connectivity index (χ0v) is 30.4. The van der Waals surface area contributed by atoms with Gasteiger partial charge in [0.15, 0.2) is 21.4 Å². The molecule has 11 heteroatoms. The number of hydrogen-bond donors (Lipinski definition) is 0. The minimum absolute atomic E-state index is 0.0431. The van der Waals surface area contributed by atoms with Crippen molar-refractivity contribution in [1.29, 1.82) is 0 Å². The van der Waals surface area contributed by atoms with Gasteiger partial charge in [-0.3, -0.25) is 4.79 Å². The minimum Gasteiger partial charge on any atom is -0.497 e. The van der Waals surface area contributed by atoms with E-state index >= 15 is 8.42 Å². The summed E-state index contributed by atoms with van der Waals surface area (Å²) in [6.45, 7) is 13.7. The van der Waals surface area contributed by atoms with Crippen LogP contribution in [0, 0.1) is 23.2 Å². The van der Waals surface area contributed by atoms with Gasteiger partial charge in [0.05, 0.1) is 25.2 Å². The van der Waals surface area contributed by atoms with Crippen LogP contribution in [0.2, 0.25) is 0 Å². The molecule has 268 valence electrons. The standard InChI is InChI=1S/C38H50O10S/c1-9-29(44-21-25-15-17-26(43-8)18-16-25)37(22-46-36(5,6)48-37)30-24(2)31(39)32(45-23-42-7)28-19-20-38(35(28,3)4)34(47-38)33(30)49(40,41)27-13-11-10-12-14-27/h9-18,24,28-30,32-34H,1,19-23H2,2-8H3/t24-,28?,29-,30-,32-,33+,34-,37+,38?/m1/s1. The van der Waals surface area contributed by atoms with E-state index in [0.717, 1.165) is 5.56 Å². The third-order valence-electron chi connectivity index (χ3n) is 11.6. The van der Waals surface area contributed by atoms with Crippen molar-refractivity contribution in [2.45, 2.75) is 99.5 Å². The van der Waals surface area contributed by atoms with Gasteiger partial charge in [0.2, 0.25) is 0 Å². The summed E-state index contributed by atoms with van der Waals surface area (Å²) >= 11 is 0. The topological polar surface area (TPSA) is 119 Å². The second-order valence-electron chi connectivity index (χ2n) is 14.9. The Balaban J connectivity index is 1.54. The molecule has 2 saturated heterocycles. The van der Waals surface area contributed by atoms with Crippen LogP contribution in [0.3, 0.4) is 0 Å². The molecule has 0 aromatic heterocycles. The number of methoxy groups -OCH3 is 2. The lowest BCUT2D eigenvalue weighted by atomic mass is 9.69. The molecule has 2 bridgehead atoms. The van der Waals surface area contributed by atoms with Crippen LogP contribution < -0.4 is 4.74 Å². The number of rotatable bonds is 12. The van der Waals surface area contributed by atoms with Crippen molar-refractivity contribution < 1.29 is 46.4 Å². The van der Waals surface area contributed by atoms with Gasteiger partial charge in [0.25, 0.3) is 0 Å². The third-order valence-corrected chi connectivity index (χ3v) is 13.8. The van der Waals surface area contributed by atoms with Crippen LogP contribution in [0.1, 0.15) is 53.0 Å². The summed E-state index contributed by atoms with van der Waals surface area (Å²) in [6.07, 6.45) is 0.399. The third kappa shape index (κ3) is 5.99. The number of carbonyl (C=O) groups is 1. The zero-order valence-electron chi connectivity index (χ0n) is 29.5. The highest BCUT2D eigenvalue weighted by molar-refractivity contribution is 7.92. The molecule has 2 heterocycles. The van der Waals surface area contributed by atoms with E-state index < -0.39 is 67.6 Å². The summed E-state index contributed by atoms with van der Waals surface area (Å²) in [6, 6.07) is 15.9. The molecule has 49 heavy (non-hydrogen) atoms. The summed E-state index contributed by atoms with van der Waals surface area (Å²) in [5, 5.41) is -1.20. The Morgan fingerprint density at radius 1 is 1.04 bits per heavy atom. The Labute approximate surface area is 290 Å². The van der Waals surface area contributed by atoms with E-state index in [9.17, 15) is 4.79 Å². The van der Waals surface area contributed by atoms with Crippen molar-refractivity contribution in [2.24, 2.45) is 23.2 Å². The van der Waals surface area contributed by atoms with Crippen LogP contribution in [0.5, 0.6) is 5.75 Å². The fourth-order valence-electron chi connectivity index (χ4n) is 9.03. The number of carbonyl (C=O) groups excluding carboxylic acids is 1. The molecule has 2 unspecified atom stereocenters. The molecule has 2 aromatic carbocycles. The quantitative estimate of drug-likeness (QED) is 0.159. The lowest BCUT2D eigenvalue weighted by molar-refractivity contribution is -0.210. The van der Waals surface area contributed by atoms with Gasteiger partial charge in [-0.05, 0) is 56.5 Å². The summed E-state index contributed by atoms with van der Waals surface area (Å²) in [5.41, 5.74) is -1.99. The average molecular weight is 699 g/mol. The number of sulfone groups is 1. The van der Waals surface area contributed by atoms with Gasteiger partial charge in [-0.15, -0.1) is 6.58 Å². The van der Waals surface area contributed by atoms with E-state index in [2.05, 4.69) is 20.4 Å². The maximum Gasteiger partial charge on any atom is 0.184 e. The number of ether oxygens (including phenoxy) is 7. The van der Waals surface area contributed by atoms with Gasteiger partial charge in [-0.1, -0.05) is 57.2 Å². The predicted molar refractivity (Wildman–Crippen MR) is 182 cm³/mol. The number of epoxide rings is 1. The van der Waals surface area contributed by atoms with Crippen LogP contribution in [0.25, 0.3) is 0 Å². The lowest BCUT2D eigenvalue weighted by Crippen LogP contribution is -2.62. The molecule has 2 saturated carbocycles. The monoisotopic (exact) mass is 698 g/mol. The summed E-state index contributed by atoms with van der Waals surface area (Å²) in [7, 11) is -1.03. The van der Waals surface area contributed by atoms with E-state index in [4.69, 9.17) is 33.2 Å². The molecule has 2 aliphatic carbocycles.